The summed E-state index contributed by atoms with van der Waals surface area (Å²) in [7, 11) is 0. The average Bonchev–Trinajstić information content (AvgIpc) is 2.51. The first-order chi connectivity index (χ1) is 11.8. The minimum atomic E-state index is -5.65. The minimum Gasteiger partial charge on any atom is -0.443 e. The van der Waals surface area contributed by atoms with Gasteiger partial charge in [0.05, 0.1) is 5.60 Å². The van der Waals surface area contributed by atoms with Crippen LogP contribution in [0.3, 0.4) is 0 Å². The van der Waals surface area contributed by atoms with Crippen molar-refractivity contribution in [3.05, 3.63) is 35.9 Å². The number of ether oxygens (including phenoxy) is 1. The van der Waals surface area contributed by atoms with E-state index in [2.05, 4.69) is 0 Å². The third-order valence-corrected chi connectivity index (χ3v) is 4.09. The Morgan fingerprint density at radius 2 is 1.73 bits per heavy atom. The first-order valence-electron chi connectivity index (χ1n) is 8.02. The van der Waals surface area contributed by atoms with Gasteiger partial charge in [0.2, 0.25) is 0 Å². The Kier molecular flexibility index (Phi) is 7.37. The minimum absolute atomic E-state index is 0.102. The van der Waals surface area contributed by atoms with E-state index >= 15 is 0 Å². The molecule has 0 aliphatic carbocycles. The van der Waals surface area contributed by atoms with Crippen LogP contribution in [0.5, 0.6) is 0 Å². The van der Waals surface area contributed by atoms with Crippen LogP contribution in [0, 0.1) is 0 Å². The second-order valence-corrected chi connectivity index (χ2v) is 6.36. The molecule has 1 amide bonds. The van der Waals surface area contributed by atoms with Crippen molar-refractivity contribution in [3.8, 4) is 0 Å². The van der Waals surface area contributed by atoms with Gasteiger partial charge in [-0.1, -0.05) is 30.3 Å². The van der Waals surface area contributed by atoms with Gasteiger partial charge in [0.25, 0.3) is 0 Å². The van der Waals surface area contributed by atoms with Gasteiger partial charge in [-0.15, -0.1) is 0 Å². The molecule has 2 unspecified atom stereocenters. The van der Waals surface area contributed by atoms with Gasteiger partial charge in [0, 0.05) is 6.42 Å². The number of alkyl halides is 5. The molecule has 26 heavy (non-hydrogen) atoms. The van der Waals surface area contributed by atoms with E-state index in [1.165, 1.54) is 6.92 Å². The molecule has 2 atom stereocenters. The standard InChI is InChI=1S/C17H22F5NO3/c1-15(25,11-9-12-6-3-2-4-7-12)13(26-14(23)24)8-5-10-16(18,19)17(20,21)22/h2-4,6-7,13,25H,5,8-11H2,1H3,(H2,23,24). The summed E-state index contributed by atoms with van der Waals surface area (Å²) in [6.45, 7) is 1.32. The van der Waals surface area contributed by atoms with Crippen LogP contribution in [0.25, 0.3) is 0 Å². The van der Waals surface area contributed by atoms with Gasteiger partial charge in [-0.05, 0) is 38.2 Å². The monoisotopic (exact) mass is 383 g/mol. The zero-order valence-electron chi connectivity index (χ0n) is 14.2. The molecule has 148 valence electrons. The predicted molar refractivity (Wildman–Crippen MR) is 84.7 cm³/mol. The van der Waals surface area contributed by atoms with Crippen molar-refractivity contribution in [2.75, 3.05) is 0 Å². The van der Waals surface area contributed by atoms with Crippen LogP contribution in [-0.2, 0) is 11.2 Å². The first kappa shape index (κ1) is 22.1. The molecule has 1 aromatic carbocycles. The van der Waals surface area contributed by atoms with Crippen molar-refractivity contribution in [1.29, 1.82) is 0 Å². The highest BCUT2D eigenvalue weighted by molar-refractivity contribution is 5.64. The van der Waals surface area contributed by atoms with Crippen molar-refractivity contribution in [1.82, 2.24) is 0 Å². The number of aryl methyl sites for hydroxylation is 1. The van der Waals surface area contributed by atoms with Crippen LogP contribution in [-0.4, -0.2) is 35.0 Å². The molecule has 0 fully saturated rings. The molecule has 1 rings (SSSR count). The lowest BCUT2D eigenvalue weighted by Crippen LogP contribution is -2.44. The predicted octanol–water partition coefficient (Wildman–Crippen LogP) is 4.20. The lowest BCUT2D eigenvalue weighted by molar-refractivity contribution is -0.285. The van der Waals surface area contributed by atoms with Crippen LogP contribution in [0.2, 0.25) is 0 Å². The summed E-state index contributed by atoms with van der Waals surface area (Å²) >= 11 is 0. The van der Waals surface area contributed by atoms with E-state index in [4.69, 9.17) is 10.5 Å². The summed E-state index contributed by atoms with van der Waals surface area (Å²) in [5, 5.41) is 10.5. The Morgan fingerprint density at radius 3 is 2.23 bits per heavy atom. The highest BCUT2D eigenvalue weighted by Gasteiger charge is 2.56. The fourth-order valence-corrected chi connectivity index (χ4v) is 2.49. The first-order valence-corrected chi connectivity index (χ1v) is 8.02. The average molecular weight is 383 g/mol. The van der Waals surface area contributed by atoms with Crippen molar-refractivity contribution in [3.63, 3.8) is 0 Å². The van der Waals surface area contributed by atoms with Crippen molar-refractivity contribution >= 4 is 6.09 Å². The maximum atomic E-state index is 13.0. The fraction of sp³-hybridized carbons (Fsp3) is 0.588. The zero-order valence-corrected chi connectivity index (χ0v) is 14.2. The molecule has 1 aromatic rings. The van der Waals surface area contributed by atoms with Crippen molar-refractivity contribution in [2.45, 2.75) is 62.8 Å². The number of primary amides is 1. The number of hydrogen-bond acceptors (Lipinski definition) is 3. The van der Waals surface area contributed by atoms with Crippen LogP contribution in [0.4, 0.5) is 26.7 Å². The normalized spacial score (nSPS) is 16.0. The quantitative estimate of drug-likeness (QED) is 0.628. The highest BCUT2D eigenvalue weighted by atomic mass is 19.4. The molecule has 0 radical (unpaired) electrons. The molecular formula is C17H22F5NO3. The molecule has 3 N–H and O–H groups in total. The molecule has 0 aliphatic heterocycles. The number of rotatable bonds is 9. The fourth-order valence-electron chi connectivity index (χ4n) is 2.49. The van der Waals surface area contributed by atoms with Gasteiger partial charge in [-0.2, -0.15) is 22.0 Å². The van der Waals surface area contributed by atoms with E-state index in [1.54, 1.807) is 12.1 Å². The molecule has 4 nitrogen and oxygen atoms in total. The smallest absolute Gasteiger partial charge is 0.443 e. The van der Waals surface area contributed by atoms with Crippen LogP contribution < -0.4 is 5.73 Å². The number of carbonyl (C=O) groups excluding carboxylic acids is 1. The molecule has 0 saturated carbocycles. The van der Waals surface area contributed by atoms with E-state index < -0.39 is 42.7 Å². The number of hydrogen-bond donors (Lipinski definition) is 2. The van der Waals surface area contributed by atoms with Crippen LogP contribution in [0.15, 0.2) is 30.3 Å². The maximum absolute atomic E-state index is 13.0. The molecule has 0 spiro atoms. The molecule has 0 aliphatic rings. The third kappa shape index (κ3) is 6.78. The summed E-state index contributed by atoms with van der Waals surface area (Å²) in [6.07, 6.45) is -10.1. The van der Waals surface area contributed by atoms with Gasteiger partial charge >= 0.3 is 18.2 Å². The summed E-state index contributed by atoms with van der Waals surface area (Å²) in [6, 6.07) is 9.01. The molecule has 0 bridgehead atoms. The topological polar surface area (TPSA) is 72.6 Å². The van der Waals surface area contributed by atoms with Gasteiger partial charge in [-0.25, -0.2) is 4.79 Å². The van der Waals surface area contributed by atoms with Crippen LogP contribution in [0.1, 0.15) is 38.2 Å². The number of aliphatic hydroxyl groups is 1. The SMILES string of the molecule is CC(O)(CCc1ccccc1)C(CCCC(F)(F)C(F)(F)F)OC(N)=O. The van der Waals surface area contributed by atoms with E-state index in [9.17, 15) is 31.9 Å². The number of halogens is 5. The zero-order chi connectivity index (χ0) is 20.0. The Labute approximate surface area is 148 Å². The lowest BCUT2D eigenvalue weighted by atomic mass is 9.88. The Bertz CT molecular complexity index is 576. The number of carbonyl (C=O) groups is 1. The second-order valence-electron chi connectivity index (χ2n) is 6.36. The Morgan fingerprint density at radius 1 is 1.15 bits per heavy atom. The third-order valence-electron chi connectivity index (χ3n) is 4.09. The molecule has 0 saturated heterocycles. The number of amides is 1. The molecule has 0 aromatic heterocycles. The summed E-state index contributed by atoms with van der Waals surface area (Å²) in [4.78, 5) is 11.0. The highest BCUT2D eigenvalue weighted by Crippen LogP contribution is 2.39. The van der Waals surface area contributed by atoms with E-state index in [0.717, 1.165) is 5.56 Å². The summed E-state index contributed by atoms with van der Waals surface area (Å²) in [5.74, 6) is -4.85. The molecule has 9 heteroatoms. The van der Waals surface area contributed by atoms with Crippen molar-refractivity contribution in [2.24, 2.45) is 5.73 Å². The second kappa shape index (κ2) is 8.66. The summed E-state index contributed by atoms with van der Waals surface area (Å²) in [5.41, 5.74) is 4.17. The summed E-state index contributed by atoms with van der Waals surface area (Å²) < 4.78 is 67.4. The van der Waals surface area contributed by atoms with E-state index in [1.807, 2.05) is 18.2 Å². The lowest BCUT2D eigenvalue weighted by Gasteiger charge is -2.32. The van der Waals surface area contributed by atoms with Gasteiger partial charge in [0.15, 0.2) is 0 Å². The largest absolute Gasteiger partial charge is 0.453 e. The molecule has 0 heterocycles. The van der Waals surface area contributed by atoms with Crippen LogP contribution >= 0.6 is 0 Å². The van der Waals surface area contributed by atoms with Gasteiger partial charge in [0.1, 0.15) is 6.10 Å². The maximum Gasteiger partial charge on any atom is 0.453 e. The Hall–Kier alpha value is -1.90. The number of benzene rings is 1. The van der Waals surface area contributed by atoms with Gasteiger partial charge < -0.3 is 15.6 Å². The van der Waals surface area contributed by atoms with Crippen molar-refractivity contribution < 1.29 is 36.6 Å². The van der Waals surface area contributed by atoms with Gasteiger partial charge in [-0.3, -0.25) is 0 Å². The van der Waals surface area contributed by atoms with E-state index in [-0.39, 0.29) is 12.8 Å². The molecular weight excluding hydrogens is 361 g/mol. The number of nitrogens with two attached hydrogens (primary N) is 1. The van der Waals surface area contributed by atoms with E-state index in [0.29, 0.717) is 6.42 Å². The Balaban J connectivity index is 2.70.